The van der Waals surface area contributed by atoms with Crippen LogP contribution in [0.5, 0.6) is 0 Å². The Bertz CT molecular complexity index is 1550. The fraction of sp³-hybridized carbons (Fsp3) is 0.172. The summed E-state index contributed by atoms with van der Waals surface area (Å²) >= 11 is 0. The van der Waals surface area contributed by atoms with Crippen LogP contribution in [0.1, 0.15) is 45.7 Å². The first-order valence-corrected chi connectivity index (χ1v) is 11.8. The Morgan fingerprint density at radius 1 is 1.11 bits per heavy atom. The third kappa shape index (κ3) is 4.62. The number of fused-ring (bicyclic) bond motifs is 2. The highest BCUT2D eigenvalue weighted by Gasteiger charge is 2.18. The highest BCUT2D eigenvalue weighted by atomic mass is 16.2. The summed E-state index contributed by atoms with van der Waals surface area (Å²) in [5, 5.41) is 9.77. The van der Waals surface area contributed by atoms with E-state index in [4.69, 9.17) is 11.4 Å². The molecule has 7 nitrogen and oxygen atoms in total. The van der Waals surface area contributed by atoms with E-state index in [1.807, 2.05) is 56.3 Å². The number of rotatable bonds is 5. The van der Waals surface area contributed by atoms with Gasteiger partial charge in [0.05, 0.1) is 5.52 Å². The zero-order valence-electron chi connectivity index (χ0n) is 20.1. The summed E-state index contributed by atoms with van der Waals surface area (Å²) in [4.78, 5) is 33.6. The van der Waals surface area contributed by atoms with Gasteiger partial charge in [0.25, 0.3) is 11.8 Å². The summed E-state index contributed by atoms with van der Waals surface area (Å²) in [6.45, 7) is 4.46. The molecule has 0 spiro atoms. The van der Waals surface area contributed by atoms with E-state index < -0.39 is 0 Å². The van der Waals surface area contributed by atoms with Crippen molar-refractivity contribution < 1.29 is 9.59 Å². The number of terminal acetylenes is 1. The summed E-state index contributed by atoms with van der Waals surface area (Å²) < 4.78 is 0. The zero-order chi connectivity index (χ0) is 25.2. The van der Waals surface area contributed by atoms with E-state index in [0.717, 1.165) is 39.6 Å². The Morgan fingerprint density at radius 3 is 2.78 bits per heavy atom. The standard InChI is InChI=1S/C29H25N5O2/c1-4-18-12-22-16-31-29(33-23-7-5-6-21(14-23)27(35)32-17(2)3)34-26(22)15-25(18)19-8-9-24-20(13-19)10-11-30-28(24)36/h1,5-9,12-17H,10-11H2,2-3H3,(H,30,36)(H,32,35)(H,31,33,34). The zero-order valence-corrected chi connectivity index (χ0v) is 20.1. The van der Waals surface area contributed by atoms with Crippen molar-refractivity contribution in [3.8, 4) is 23.5 Å². The summed E-state index contributed by atoms with van der Waals surface area (Å²) in [7, 11) is 0. The van der Waals surface area contributed by atoms with Gasteiger partial charge >= 0.3 is 0 Å². The van der Waals surface area contributed by atoms with Crippen LogP contribution in [-0.2, 0) is 6.42 Å². The molecule has 2 heterocycles. The van der Waals surface area contributed by atoms with Crippen LogP contribution in [0.3, 0.4) is 0 Å². The normalized spacial score (nSPS) is 12.6. The van der Waals surface area contributed by atoms with E-state index in [-0.39, 0.29) is 17.9 Å². The smallest absolute Gasteiger partial charge is 0.251 e. The molecule has 3 N–H and O–H groups in total. The molecule has 7 heteroatoms. The minimum atomic E-state index is -0.137. The Labute approximate surface area is 209 Å². The molecule has 2 amide bonds. The first-order chi connectivity index (χ1) is 17.4. The maximum Gasteiger partial charge on any atom is 0.251 e. The molecule has 36 heavy (non-hydrogen) atoms. The van der Waals surface area contributed by atoms with Crippen molar-refractivity contribution >= 4 is 34.4 Å². The number of nitrogens with zero attached hydrogens (tertiary/aromatic N) is 2. The van der Waals surface area contributed by atoms with Crippen molar-refractivity contribution in [2.24, 2.45) is 0 Å². The molecule has 5 rings (SSSR count). The molecule has 1 aliphatic heterocycles. The fourth-order valence-corrected chi connectivity index (χ4v) is 4.31. The lowest BCUT2D eigenvalue weighted by Gasteiger charge is -2.18. The van der Waals surface area contributed by atoms with Gasteiger partial charge in [-0.3, -0.25) is 9.59 Å². The Kier molecular flexibility index (Phi) is 6.09. The van der Waals surface area contributed by atoms with E-state index in [1.165, 1.54) is 0 Å². The highest BCUT2D eigenvalue weighted by Crippen LogP contribution is 2.30. The number of anilines is 2. The molecule has 178 valence electrons. The fourth-order valence-electron chi connectivity index (χ4n) is 4.31. The second kappa shape index (κ2) is 9.51. The number of benzene rings is 3. The van der Waals surface area contributed by atoms with Gasteiger partial charge in [-0.1, -0.05) is 24.1 Å². The third-order valence-electron chi connectivity index (χ3n) is 6.02. The summed E-state index contributed by atoms with van der Waals surface area (Å²) in [5.74, 6) is 2.99. The van der Waals surface area contributed by atoms with Crippen molar-refractivity contribution in [1.29, 1.82) is 0 Å². The van der Waals surface area contributed by atoms with Crippen LogP contribution >= 0.6 is 0 Å². The van der Waals surface area contributed by atoms with Crippen LogP contribution in [0.2, 0.25) is 0 Å². The average Bonchev–Trinajstić information content (AvgIpc) is 2.87. The molecule has 0 bridgehead atoms. The molecule has 0 unspecified atom stereocenters. The van der Waals surface area contributed by atoms with Crippen LogP contribution in [0, 0.1) is 12.3 Å². The van der Waals surface area contributed by atoms with Gasteiger partial charge in [-0.15, -0.1) is 6.42 Å². The van der Waals surface area contributed by atoms with Crippen molar-refractivity contribution in [2.75, 3.05) is 11.9 Å². The number of carbonyl (C=O) groups excluding carboxylic acids is 2. The lowest BCUT2D eigenvalue weighted by molar-refractivity contribution is 0.0936. The summed E-state index contributed by atoms with van der Waals surface area (Å²) in [6, 6.07) is 16.9. The number of hydrogen-bond acceptors (Lipinski definition) is 5. The number of amides is 2. The van der Waals surface area contributed by atoms with Gasteiger partial charge in [-0.05, 0) is 73.4 Å². The van der Waals surface area contributed by atoms with Gasteiger partial charge < -0.3 is 16.0 Å². The lowest BCUT2D eigenvalue weighted by Crippen LogP contribution is -2.31. The Morgan fingerprint density at radius 2 is 1.97 bits per heavy atom. The van der Waals surface area contributed by atoms with E-state index in [0.29, 0.717) is 29.3 Å². The second-order valence-corrected chi connectivity index (χ2v) is 9.01. The molecular weight excluding hydrogens is 450 g/mol. The summed E-state index contributed by atoms with van der Waals surface area (Å²) in [5.41, 5.74) is 6.24. The van der Waals surface area contributed by atoms with Crippen LogP contribution < -0.4 is 16.0 Å². The lowest BCUT2D eigenvalue weighted by atomic mass is 9.92. The van der Waals surface area contributed by atoms with Crippen LogP contribution in [0.25, 0.3) is 22.0 Å². The summed E-state index contributed by atoms with van der Waals surface area (Å²) in [6.07, 6.45) is 8.34. The topological polar surface area (TPSA) is 96.0 Å². The van der Waals surface area contributed by atoms with Gasteiger partial charge in [0.1, 0.15) is 0 Å². The van der Waals surface area contributed by atoms with Crippen LogP contribution in [0.4, 0.5) is 11.6 Å². The van der Waals surface area contributed by atoms with E-state index in [9.17, 15) is 9.59 Å². The number of carbonyl (C=O) groups is 2. The minimum absolute atomic E-state index is 0.0484. The maximum atomic E-state index is 12.4. The second-order valence-electron chi connectivity index (χ2n) is 9.01. The highest BCUT2D eigenvalue weighted by molar-refractivity contribution is 5.98. The predicted molar refractivity (Wildman–Crippen MR) is 141 cm³/mol. The Hall–Kier alpha value is -4.70. The minimum Gasteiger partial charge on any atom is -0.352 e. The largest absolute Gasteiger partial charge is 0.352 e. The quantitative estimate of drug-likeness (QED) is 0.371. The first kappa shape index (κ1) is 23.1. The molecule has 1 aromatic heterocycles. The molecule has 0 radical (unpaired) electrons. The van der Waals surface area contributed by atoms with Crippen molar-refractivity contribution in [3.63, 3.8) is 0 Å². The van der Waals surface area contributed by atoms with Crippen LogP contribution in [0.15, 0.2) is 60.8 Å². The van der Waals surface area contributed by atoms with E-state index >= 15 is 0 Å². The van der Waals surface area contributed by atoms with Crippen LogP contribution in [-0.4, -0.2) is 34.4 Å². The van der Waals surface area contributed by atoms with E-state index in [1.54, 1.807) is 18.3 Å². The SMILES string of the molecule is C#Cc1cc2cnc(Nc3cccc(C(=O)NC(C)C)c3)nc2cc1-c1ccc2c(c1)CCNC2=O. The molecule has 0 fully saturated rings. The molecular formula is C29H25N5O2. The number of aromatic nitrogens is 2. The molecule has 3 aromatic carbocycles. The Balaban J connectivity index is 1.49. The van der Waals surface area contributed by atoms with Gasteiger partial charge in [0.2, 0.25) is 5.95 Å². The van der Waals surface area contributed by atoms with Gasteiger partial charge in [-0.2, -0.15) is 0 Å². The number of hydrogen-bond donors (Lipinski definition) is 3. The molecule has 0 atom stereocenters. The average molecular weight is 476 g/mol. The van der Waals surface area contributed by atoms with Crippen molar-refractivity contribution in [2.45, 2.75) is 26.3 Å². The van der Waals surface area contributed by atoms with Gasteiger partial charge in [0.15, 0.2) is 0 Å². The third-order valence-corrected chi connectivity index (χ3v) is 6.02. The first-order valence-electron chi connectivity index (χ1n) is 11.8. The predicted octanol–water partition coefficient (Wildman–Crippen LogP) is 4.45. The van der Waals surface area contributed by atoms with Gasteiger partial charge in [0, 0.05) is 46.5 Å². The molecule has 4 aromatic rings. The monoisotopic (exact) mass is 475 g/mol. The van der Waals surface area contributed by atoms with Crippen molar-refractivity contribution in [1.82, 2.24) is 20.6 Å². The van der Waals surface area contributed by atoms with E-state index in [2.05, 4.69) is 26.9 Å². The molecule has 0 saturated carbocycles. The number of nitrogens with one attached hydrogen (secondary N) is 3. The molecule has 1 aliphatic rings. The van der Waals surface area contributed by atoms with Crippen molar-refractivity contribution in [3.05, 3.63) is 83.0 Å². The molecule has 0 saturated heterocycles. The maximum absolute atomic E-state index is 12.4. The van der Waals surface area contributed by atoms with Gasteiger partial charge in [-0.25, -0.2) is 9.97 Å². The molecule has 0 aliphatic carbocycles.